The van der Waals surface area contributed by atoms with Crippen molar-refractivity contribution in [2.45, 2.75) is 19.8 Å². The van der Waals surface area contributed by atoms with E-state index in [1.807, 2.05) is 25.1 Å². The van der Waals surface area contributed by atoms with Gasteiger partial charge in [-0.3, -0.25) is 0 Å². The molecule has 0 aliphatic heterocycles. The van der Waals surface area contributed by atoms with Gasteiger partial charge in [0, 0.05) is 17.2 Å². The van der Waals surface area contributed by atoms with Gasteiger partial charge in [0.05, 0.1) is 5.70 Å². The Morgan fingerprint density at radius 1 is 1.50 bits per heavy atom. The number of anilines is 1. The molecule has 0 atom stereocenters. The molecule has 0 saturated heterocycles. The highest BCUT2D eigenvalue weighted by atomic mass is 14.9. The Labute approximate surface area is 108 Å². The van der Waals surface area contributed by atoms with Gasteiger partial charge in [-0.25, -0.2) is 4.99 Å². The molecule has 1 aliphatic carbocycles. The van der Waals surface area contributed by atoms with Crippen molar-refractivity contribution in [1.29, 1.82) is 0 Å². The molecule has 3 N–H and O–H groups in total. The average Bonchev–Trinajstić information content (AvgIpc) is 3.16. The van der Waals surface area contributed by atoms with E-state index in [1.54, 1.807) is 6.20 Å². The summed E-state index contributed by atoms with van der Waals surface area (Å²) in [5.74, 6) is 1.18. The zero-order chi connectivity index (χ0) is 13.1. The summed E-state index contributed by atoms with van der Waals surface area (Å²) in [5, 5.41) is 3.10. The Kier molecular flexibility index (Phi) is 3.51. The quantitative estimate of drug-likeness (QED) is 0.614. The van der Waals surface area contributed by atoms with Gasteiger partial charge >= 0.3 is 0 Å². The van der Waals surface area contributed by atoms with Crippen LogP contribution in [-0.2, 0) is 0 Å². The van der Waals surface area contributed by atoms with Gasteiger partial charge in [0.25, 0.3) is 0 Å². The van der Waals surface area contributed by atoms with Crippen LogP contribution in [0.25, 0.3) is 5.70 Å². The first-order valence-electron chi connectivity index (χ1n) is 6.13. The van der Waals surface area contributed by atoms with Crippen molar-refractivity contribution >= 4 is 17.2 Å². The van der Waals surface area contributed by atoms with E-state index in [0.717, 1.165) is 29.7 Å². The number of amidine groups is 1. The van der Waals surface area contributed by atoms with E-state index in [2.05, 4.69) is 23.5 Å². The minimum atomic E-state index is 0.470. The molecule has 0 amide bonds. The summed E-state index contributed by atoms with van der Waals surface area (Å²) in [6.07, 6.45) is 3.97. The monoisotopic (exact) mass is 241 g/mol. The number of hydrogen-bond acceptors (Lipinski definition) is 2. The number of nitrogens with two attached hydrogens (primary N) is 1. The molecule has 1 aromatic rings. The lowest BCUT2D eigenvalue weighted by molar-refractivity contribution is 1.16. The number of nitrogens with one attached hydrogen (secondary N) is 1. The van der Waals surface area contributed by atoms with Crippen molar-refractivity contribution in [2.24, 2.45) is 16.6 Å². The predicted octanol–water partition coefficient (Wildman–Crippen LogP) is 3.29. The third kappa shape index (κ3) is 2.80. The summed E-state index contributed by atoms with van der Waals surface area (Å²) in [4.78, 5) is 4.39. The van der Waals surface area contributed by atoms with Gasteiger partial charge in [-0.05, 0) is 37.6 Å². The minimum absolute atomic E-state index is 0.470. The van der Waals surface area contributed by atoms with Crippen LogP contribution in [0.4, 0.5) is 5.69 Å². The zero-order valence-electron chi connectivity index (χ0n) is 10.7. The highest BCUT2D eigenvalue weighted by Gasteiger charge is 2.25. The number of benzene rings is 1. The lowest BCUT2D eigenvalue weighted by atomic mass is 10.1. The summed E-state index contributed by atoms with van der Waals surface area (Å²) in [6.45, 7) is 9.70. The second kappa shape index (κ2) is 5.08. The van der Waals surface area contributed by atoms with E-state index in [9.17, 15) is 0 Å². The molecule has 1 aromatic carbocycles. The van der Waals surface area contributed by atoms with Crippen molar-refractivity contribution in [3.05, 3.63) is 48.7 Å². The topological polar surface area (TPSA) is 50.4 Å². The molecule has 0 bridgehead atoms. The van der Waals surface area contributed by atoms with Gasteiger partial charge in [-0.1, -0.05) is 25.3 Å². The molecule has 2 rings (SSSR count). The molecule has 0 heterocycles. The van der Waals surface area contributed by atoms with Crippen LogP contribution >= 0.6 is 0 Å². The van der Waals surface area contributed by atoms with E-state index in [1.165, 1.54) is 0 Å². The van der Waals surface area contributed by atoms with Crippen molar-refractivity contribution in [3.63, 3.8) is 0 Å². The minimum Gasteiger partial charge on any atom is -0.387 e. The van der Waals surface area contributed by atoms with E-state index >= 15 is 0 Å². The lowest BCUT2D eigenvalue weighted by Crippen LogP contribution is -2.13. The third-order valence-electron chi connectivity index (χ3n) is 3.09. The van der Waals surface area contributed by atoms with Crippen LogP contribution in [0.5, 0.6) is 0 Å². The first-order valence-corrected chi connectivity index (χ1v) is 6.13. The summed E-state index contributed by atoms with van der Waals surface area (Å²) in [7, 11) is 0. The number of hydrogen-bond donors (Lipinski definition) is 2. The number of nitrogens with zero attached hydrogens (tertiary/aromatic N) is 1. The Hall–Kier alpha value is -2.03. The van der Waals surface area contributed by atoms with Gasteiger partial charge in [-0.15, -0.1) is 0 Å². The fourth-order valence-electron chi connectivity index (χ4n) is 1.76. The largest absolute Gasteiger partial charge is 0.387 e. The van der Waals surface area contributed by atoms with Crippen molar-refractivity contribution < 1.29 is 0 Å². The number of rotatable bonds is 5. The molecule has 18 heavy (non-hydrogen) atoms. The standard InChI is InChI=1S/C15H19N3/c1-4-17-14-9-13(6-5-10(14)2)11(3)18-15(16)12-7-8-12/h4-6,9,12,17H,1,3,7-8H2,2H3,(H2,16,18). The zero-order valence-corrected chi connectivity index (χ0v) is 10.7. The van der Waals surface area contributed by atoms with E-state index < -0.39 is 0 Å². The summed E-state index contributed by atoms with van der Waals surface area (Å²) < 4.78 is 0. The molecular weight excluding hydrogens is 222 g/mol. The van der Waals surface area contributed by atoms with Crippen molar-refractivity contribution in [2.75, 3.05) is 5.32 Å². The first kappa shape index (κ1) is 12.4. The van der Waals surface area contributed by atoms with Crippen LogP contribution in [0.2, 0.25) is 0 Å². The first-order chi connectivity index (χ1) is 8.61. The maximum Gasteiger partial charge on any atom is 0.103 e. The highest BCUT2D eigenvalue weighted by molar-refractivity contribution is 5.90. The molecule has 0 spiro atoms. The van der Waals surface area contributed by atoms with Gasteiger partial charge < -0.3 is 11.1 Å². The van der Waals surface area contributed by atoms with Crippen molar-refractivity contribution in [1.82, 2.24) is 0 Å². The van der Waals surface area contributed by atoms with Crippen LogP contribution in [0.15, 0.2) is 42.5 Å². The highest BCUT2D eigenvalue weighted by Crippen LogP contribution is 2.30. The fourth-order valence-corrected chi connectivity index (χ4v) is 1.76. The number of aryl methyl sites for hydroxylation is 1. The van der Waals surface area contributed by atoms with E-state index in [0.29, 0.717) is 17.5 Å². The van der Waals surface area contributed by atoms with Crippen LogP contribution in [-0.4, -0.2) is 5.84 Å². The van der Waals surface area contributed by atoms with Crippen LogP contribution in [0.1, 0.15) is 24.0 Å². The second-order valence-electron chi connectivity index (χ2n) is 4.64. The molecule has 94 valence electrons. The van der Waals surface area contributed by atoms with E-state index in [-0.39, 0.29) is 0 Å². The number of aliphatic imine (C=N–C) groups is 1. The normalized spacial score (nSPS) is 15.3. The Morgan fingerprint density at radius 2 is 2.22 bits per heavy atom. The lowest BCUT2D eigenvalue weighted by Gasteiger charge is -2.09. The molecule has 1 aliphatic rings. The summed E-state index contributed by atoms with van der Waals surface area (Å²) >= 11 is 0. The van der Waals surface area contributed by atoms with E-state index in [4.69, 9.17) is 5.73 Å². The maximum absolute atomic E-state index is 5.90. The van der Waals surface area contributed by atoms with Crippen LogP contribution < -0.4 is 11.1 Å². The van der Waals surface area contributed by atoms with Gasteiger partial charge in [0.15, 0.2) is 0 Å². The SMILES string of the molecule is C=CNc1cc(C(=C)N=C(N)C2CC2)ccc1C. The molecule has 1 saturated carbocycles. The summed E-state index contributed by atoms with van der Waals surface area (Å²) in [6, 6.07) is 6.06. The van der Waals surface area contributed by atoms with Gasteiger partial charge in [0.2, 0.25) is 0 Å². The second-order valence-corrected chi connectivity index (χ2v) is 4.64. The third-order valence-corrected chi connectivity index (χ3v) is 3.09. The molecule has 0 radical (unpaired) electrons. The molecular formula is C15H19N3. The van der Waals surface area contributed by atoms with Crippen molar-refractivity contribution in [3.8, 4) is 0 Å². The Balaban J connectivity index is 2.22. The average molecular weight is 241 g/mol. The maximum atomic E-state index is 5.90. The van der Waals surface area contributed by atoms with Gasteiger partial charge in [0.1, 0.15) is 5.84 Å². The molecule has 3 heteroatoms. The van der Waals surface area contributed by atoms with Crippen LogP contribution in [0, 0.1) is 12.8 Å². The molecule has 0 unspecified atom stereocenters. The molecule has 1 fully saturated rings. The fraction of sp³-hybridized carbons (Fsp3) is 0.267. The smallest absolute Gasteiger partial charge is 0.103 e. The molecule has 0 aromatic heterocycles. The predicted molar refractivity (Wildman–Crippen MR) is 78.4 cm³/mol. The summed E-state index contributed by atoms with van der Waals surface area (Å²) in [5.41, 5.74) is 9.77. The molecule has 3 nitrogen and oxygen atoms in total. The van der Waals surface area contributed by atoms with Crippen LogP contribution in [0.3, 0.4) is 0 Å². The Bertz CT molecular complexity index is 510. The Morgan fingerprint density at radius 3 is 2.83 bits per heavy atom. The van der Waals surface area contributed by atoms with Gasteiger partial charge in [-0.2, -0.15) is 0 Å².